The smallest absolute Gasteiger partial charge is 0.132 e. The second kappa shape index (κ2) is 10.9. The maximum Gasteiger partial charge on any atom is 0.132 e. The molecule has 0 saturated carbocycles. The first kappa shape index (κ1) is 20.3. The molecule has 2 nitrogen and oxygen atoms in total. The van der Waals surface area contributed by atoms with E-state index in [0.717, 1.165) is 38.0 Å². The zero-order valence-electron chi connectivity index (χ0n) is 13.6. The molecular weight excluding hydrogens is 305 g/mol. The van der Waals surface area contributed by atoms with Crippen molar-refractivity contribution in [2.45, 2.75) is 47.0 Å². The lowest BCUT2D eigenvalue weighted by Crippen LogP contribution is -2.25. The number of rotatable bonds is 4. The van der Waals surface area contributed by atoms with Crippen LogP contribution in [0, 0.1) is 5.92 Å². The number of allylic oxidation sites excluding steroid dienone is 4. The van der Waals surface area contributed by atoms with Gasteiger partial charge in [0.1, 0.15) is 5.78 Å². The van der Waals surface area contributed by atoms with Gasteiger partial charge in [0.05, 0.1) is 15.8 Å². The monoisotopic (exact) mass is 331 g/mol. The fourth-order valence-electron chi connectivity index (χ4n) is 2.38. The molecule has 0 radical (unpaired) electrons. The minimum absolute atomic E-state index is 0.165. The third kappa shape index (κ3) is 6.27. The highest BCUT2D eigenvalue weighted by Crippen LogP contribution is 2.29. The second-order valence-corrected chi connectivity index (χ2v) is 5.58. The topological polar surface area (TPSA) is 20.3 Å². The van der Waals surface area contributed by atoms with Crippen LogP contribution in [0.15, 0.2) is 34.5 Å². The van der Waals surface area contributed by atoms with Crippen LogP contribution in [0.2, 0.25) is 0 Å². The molecule has 1 rings (SSSR count). The van der Waals surface area contributed by atoms with Crippen LogP contribution in [0.3, 0.4) is 0 Å². The zero-order valence-corrected chi connectivity index (χ0v) is 15.1. The molecule has 1 aliphatic rings. The van der Waals surface area contributed by atoms with Crippen molar-refractivity contribution in [1.29, 1.82) is 0 Å². The van der Waals surface area contributed by atoms with Crippen molar-refractivity contribution in [2.75, 3.05) is 13.1 Å². The van der Waals surface area contributed by atoms with Gasteiger partial charge < -0.3 is 4.90 Å². The van der Waals surface area contributed by atoms with Gasteiger partial charge in [0.15, 0.2) is 0 Å². The summed E-state index contributed by atoms with van der Waals surface area (Å²) < 4.78 is 0. The Balaban J connectivity index is 0.00000191. The normalized spacial score (nSPS) is 20.8. The van der Waals surface area contributed by atoms with Gasteiger partial charge in [0.25, 0.3) is 0 Å². The molecule has 0 aromatic carbocycles. The Morgan fingerprint density at radius 2 is 1.86 bits per heavy atom. The molecule has 0 bridgehead atoms. The van der Waals surface area contributed by atoms with Gasteiger partial charge >= 0.3 is 0 Å². The minimum atomic E-state index is 0.165. The molecule has 1 saturated heterocycles. The van der Waals surface area contributed by atoms with Crippen LogP contribution < -0.4 is 0 Å². The minimum Gasteiger partial charge on any atom is -0.369 e. The summed E-state index contributed by atoms with van der Waals surface area (Å²) in [6, 6.07) is 0. The van der Waals surface area contributed by atoms with Crippen molar-refractivity contribution in [2.24, 2.45) is 5.92 Å². The number of nitrogens with zero attached hydrogens (tertiary/aromatic N) is 1. The van der Waals surface area contributed by atoms with E-state index in [-0.39, 0.29) is 11.7 Å². The third-order valence-corrected chi connectivity index (χ3v) is 4.23. The molecule has 120 valence electrons. The number of hydrogen-bond donors (Lipinski definition) is 0. The summed E-state index contributed by atoms with van der Waals surface area (Å²) in [6.45, 7) is 12.9. The molecule has 1 heterocycles. The highest BCUT2D eigenvalue weighted by molar-refractivity contribution is 6.36. The average molecular weight is 332 g/mol. The summed E-state index contributed by atoms with van der Waals surface area (Å²) >= 11 is 12.5. The zero-order chi connectivity index (χ0) is 16.4. The van der Waals surface area contributed by atoms with Crippen LogP contribution in [0.1, 0.15) is 47.0 Å². The maximum absolute atomic E-state index is 11.5. The number of hydrogen-bond acceptors (Lipinski definition) is 2. The summed E-state index contributed by atoms with van der Waals surface area (Å²) in [5, 5.41) is 1.19. The summed E-state index contributed by atoms with van der Waals surface area (Å²) in [5.74, 6) is 0.442. The lowest BCUT2D eigenvalue weighted by Gasteiger charge is -2.26. The summed E-state index contributed by atoms with van der Waals surface area (Å²) in [4.78, 5) is 13.7. The van der Waals surface area contributed by atoms with Gasteiger partial charge in [-0.05, 0) is 39.2 Å². The SMILES string of the molecule is C=C/C(Cl)=C(\C(Cl)=C/C)N1CCCC(C(C)=O)CC1.CC. The van der Waals surface area contributed by atoms with Gasteiger partial charge in [0.2, 0.25) is 0 Å². The van der Waals surface area contributed by atoms with Crippen molar-refractivity contribution in [3.8, 4) is 0 Å². The predicted molar refractivity (Wildman–Crippen MR) is 93.6 cm³/mol. The number of likely N-dealkylation sites (tertiary alicyclic amines) is 1. The Kier molecular flexibility index (Phi) is 10.5. The van der Waals surface area contributed by atoms with Crippen molar-refractivity contribution >= 4 is 29.0 Å². The first-order valence-corrected chi connectivity index (χ1v) is 8.36. The van der Waals surface area contributed by atoms with Crippen LogP contribution in [0.25, 0.3) is 0 Å². The number of Topliss-reactive ketones (excluding diaryl/α,β-unsaturated/α-hetero) is 1. The molecule has 0 aliphatic carbocycles. The highest BCUT2D eigenvalue weighted by atomic mass is 35.5. The quantitative estimate of drug-likeness (QED) is 0.635. The summed E-state index contributed by atoms with van der Waals surface area (Å²) in [6.07, 6.45) is 6.21. The van der Waals surface area contributed by atoms with E-state index >= 15 is 0 Å². The van der Waals surface area contributed by atoms with Crippen molar-refractivity contribution in [1.82, 2.24) is 4.90 Å². The van der Waals surface area contributed by atoms with Crippen molar-refractivity contribution in [3.05, 3.63) is 34.5 Å². The second-order valence-electron chi connectivity index (χ2n) is 4.76. The van der Waals surface area contributed by atoms with Crippen LogP contribution >= 0.6 is 23.2 Å². The van der Waals surface area contributed by atoms with Crippen LogP contribution in [-0.4, -0.2) is 23.8 Å². The van der Waals surface area contributed by atoms with E-state index in [1.165, 1.54) is 0 Å². The van der Waals surface area contributed by atoms with Crippen LogP contribution in [-0.2, 0) is 4.79 Å². The first-order chi connectivity index (χ1) is 10.0. The lowest BCUT2D eigenvalue weighted by molar-refractivity contribution is -0.121. The number of ketones is 1. The predicted octanol–water partition coefficient (Wildman–Crippen LogP) is 5.48. The number of carbonyl (C=O) groups is 1. The molecule has 0 aromatic heterocycles. The number of carbonyl (C=O) groups excluding carboxylic acids is 1. The standard InChI is InChI=1S/C15H21Cl2NO.C2H6/c1-4-13(16)15(14(17)5-2)18-9-6-7-12(8-10-18)11(3)19;1-2/h4-5,12H,1,6-10H2,2-3H3;1-2H3/b14-5+,15-13-;. The molecule has 0 aromatic rings. The Hall–Kier alpha value is -0.730. The Morgan fingerprint density at radius 1 is 1.24 bits per heavy atom. The Labute approximate surface area is 139 Å². The maximum atomic E-state index is 11.5. The molecule has 0 amide bonds. The molecular formula is C17H27Cl2NO. The third-order valence-electron chi connectivity index (χ3n) is 3.50. The van der Waals surface area contributed by atoms with Crippen LogP contribution in [0.5, 0.6) is 0 Å². The van der Waals surface area contributed by atoms with E-state index in [2.05, 4.69) is 11.5 Å². The van der Waals surface area contributed by atoms with Gasteiger partial charge in [-0.1, -0.05) is 49.7 Å². The molecule has 21 heavy (non-hydrogen) atoms. The molecule has 0 N–H and O–H groups in total. The Bertz CT molecular complexity index is 413. The van der Waals surface area contributed by atoms with E-state index in [1.54, 1.807) is 13.0 Å². The van der Waals surface area contributed by atoms with Gasteiger partial charge in [-0.2, -0.15) is 0 Å². The lowest BCUT2D eigenvalue weighted by atomic mass is 9.97. The van der Waals surface area contributed by atoms with Crippen molar-refractivity contribution < 1.29 is 4.79 Å². The van der Waals surface area contributed by atoms with E-state index in [1.807, 2.05) is 26.8 Å². The molecule has 1 aliphatic heterocycles. The van der Waals surface area contributed by atoms with Crippen molar-refractivity contribution in [3.63, 3.8) is 0 Å². The van der Waals surface area contributed by atoms with Gasteiger partial charge in [-0.25, -0.2) is 0 Å². The summed E-state index contributed by atoms with van der Waals surface area (Å²) in [5.41, 5.74) is 0.824. The molecule has 1 fully saturated rings. The van der Waals surface area contributed by atoms with Gasteiger partial charge in [-0.3, -0.25) is 4.79 Å². The van der Waals surface area contributed by atoms with Crippen LogP contribution in [0.4, 0.5) is 0 Å². The average Bonchev–Trinajstić information content (AvgIpc) is 2.75. The molecule has 1 atom stereocenters. The van der Waals surface area contributed by atoms with E-state index in [9.17, 15) is 4.79 Å². The number of halogens is 2. The van der Waals surface area contributed by atoms with Gasteiger partial charge in [0, 0.05) is 19.0 Å². The Morgan fingerprint density at radius 3 is 2.33 bits per heavy atom. The highest BCUT2D eigenvalue weighted by Gasteiger charge is 2.23. The molecule has 4 heteroatoms. The fraction of sp³-hybridized carbons (Fsp3) is 0.588. The van der Waals surface area contributed by atoms with E-state index < -0.39 is 0 Å². The largest absolute Gasteiger partial charge is 0.369 e. The summed E-state index contributed by atoms with van der Waals surface area (Å²) in [7, 11) is 0. The van der Waals surface area contributed by atoms with E-state index in [4.69, 9.17) is 23.2 Å². The first-order valence-electron chi connectivity index (χ1n) is 7.61. The van der Waals surface area contributed by atoms with E-state index in [0.29, 0.717) is 10.1 Å². The fourth-order valence-corrected chi connectivity index (χ4v) is 2.87. The molecule has 0 spiro atoms. The van der Waals surface area contributed by atoms with Gasteiger partial charge in [-0.15, -0.1) is 0 Å². The molecule has 1 unspecified atom stereocenters.